The van der Waals surface area contributed by atoms with E-state index < -0.39 is 0 Å². The average Bonchev–Trinajstić information content (AvgIpc) is 2.54. The van der Waals surface area contributed by atoms with E-state index in [1.54, 1.807) is 24.4 Å². The van der Waals surface area contributed by atoms with Crippen LogP contribution in [0, 0.1) is 22.7 Å². The minimum Gasteiger partial charge on any atom is -0.457 e. The molecule has 0 aliphatic heterocycles. The highest BCUT2D eigenvalue weighted by Gasteiger charge is 2.05. The van der Waals surface area contributed by atoms with Gasteiger partial charge in [0.2, 0.25) is 0 Å². The number of fused-ring (bicyclic) bond motifs is 1. The third-order valence-corrected chi connectivity index (χ3v) is 3.04. The molecule has 98 valence electrons. The highest BCUT2D eigenvalue weighted by Crippen LogP contribution is 2.26. The first-order valence-electron chi connectivity index (χ1n) is 6.27. The Balaban J connectivity index is 1.95. The second-order valence-electron chi connectivity index (χ2n) is 4.39. The summed E-state index contributed by atoms with van der Waals surface area (Å²) >= 11 is 0. The van der Waals surface area contributed by atoms with E-state index in [0.717, 1.165) is 10.9 Å². The number of nitriles is 2. The first-order chi connectivity index (χ1) is 10.3. The van der Waals surface area contributed by atoms with Crippen LogP contribution < -0.4 is 4.74 Å². The van der Waals surface area contributed by atoms with Crippen LogP contribution in [0.3, 0.4) is 0 Å². The third-order valence-electron chi connectivity index (χ3n) is 3.04. The molecule has 0 fully saturated rings. The fourth-order valence-electron chi connectivity index (χ4n) is 2.03. The van der Waals surface area contributed by atoms with E-state index in [1.165, 1.54) is 0 Å². The van der Waals surface area contributed by atoms with Gasteiger partial charge in [0.25, 0.3) is 0 Å². The van der Waals surface area contributed by atoms with Crippen LogP contribution in [-0.2, 0) is 0 Å². The second-order valence-corrected chi connectivity index (χ2v) is 4.39. The SMILES string of the molecule is N#Cc1ccc(Oc2ccc3ncccc3c2)cc1C#N. The zero-order chi connectivity index (χ0) is 14.7. The zero-order valence-corrected chi connectivity index (χ0v) is 10.9. The predicted molar refractivity (Wildman–Crippen MR) is 77.7 cm³/mol. The Morgan fingerprint density at radius 2 is 1.62 bits per heavy atom. The van der Waals surface area contributed by atoms with Crippen LogP contribution in [0.15, 0.2) is 54.7 Å². The van der Waals surface area contributed by atoms with Gasteiger partial charge in [0.05, 0.1) is 16.6 Å². The van der Waals surface area contributed by atoms with Crippen molar-refractivity contribution in [2.45, 2.75) is 0 Å². The fraction of sp³-hybridized carbons (Fsp3) is 0. The molecule has 0 saturated carbocycles. The molecule has 0 aliphatic carbocycles. The quantitative estimate of drug-likeness (QED) is 0.711. The Hall–Kier alpha value is -3.37. The first-order valence-corrected chi connectivity index (χ1v) is 6.27. The van der Waals surface area contributed by atoms with Gasteiger partial charge in [-0.2, -0.15) is 10.5 Å². The van der Waals surface area contributed by atoms with Gasteiger partial charge in [-0.3, -0.25) is 4.98 Å². The van der Waals surface area contributed by atoms with Crippen molar-refractivity contribution >= 4 is 10.9 Å². The average molecular weight is 271 g/mol. The Bertz CT molecular complexity index is 904. The van der Waals surface area contributed by atoms with Gasteiger partial charge in [-0.1, -0.05) is 6.07 Å². The number of aromatic nitrogens is 1. The minimum absolute atomic E-state index is 0.303. The van der Waals surface area contributed by atoms with Crippen LogP contribution in [0.5, 0.6) is 11.5 Å². The predicted octanol–water partition coefficient (Wildman–Crippen LogP) is 3.77. The van der Waals surface area contributed by atoms with Crippen LogP contribution in [0.25, 0.3) is 10.9 Å². The van der Waals surface area contributed by atoms with E-state index in [-0.39, 0.29) is 0 Å². The van der Waals surface area contributed by atoms with Gasteiger partial charge in [-0.25, -0.2) is 0 Å². The Morgan fingerprint density at radius 3 is 2.43 bits per heavy atom. The Kier molecular flexibility index (Phi) is 3.21. The van der Waals surface area contributed by atoms with Crippen molar-refractivity contribution in [3.05, 3.63) is 65.9 Å². The van der Waals surface area contributed by atoms with Crippen molar-refractivity contribution in [1.29, 1.82) is 10.5 Å². The monoisotopic (exact) mass is 271 g/mol. The maximum Gasteiger partial charge on any atom is 0.128 e. The van der Waals surface area contributed by atoms with Crippen molar-refractivity contribution in [3.63, 3.8) is 0 Å². The summed E-state index contributed by atoms with van der Waals surface area (Å²) in [4.78, 5) is 4.24. The summed E-state index contributed by atoms with van der Waals surface area (Å²) in [5.41, 5.74) is 1.53. The van der Waals surface area contributed by atoms with Crippen molar-refractivity contribution in [1.82, 2.24) is 4.98 Å². The molecule has 3 aromatic rings. The molecule has 21 heavy (non-hydrogen) atoms. The lowest BCUT2D eigenvalue weighted by atomic mass is 10.1. The van der Waals surface area contributed by atoms with E-state index in [2.05, 4.69) is 4.98 Å². The molecular formula is C17H9N3O. The van der Waals surface area contributed by atoms with Gasteiger partial charge >= 0.3 is 0 Å². The number of ether oxygens (including phenoxy) is 1. The first kappa shape index (κ1) is 12.7. The van der Waals surface area contributed by atoms with Gasteiger partial charge < -0.3 is 4.74 Å². The summed E-state index contributed by atoms with van der Waals surface area (Å²) in [5.74, 6) is 1.18. The molecule has 0 atom stereocenters. The minimum atomic E-state index is 0.303. The molecule has 4 heteroatoms. The molecule has 0 bridgehead atoms. The lowest BCUT2D eigenvalue weighted by molar-refractivity contribution is 0.483. The molecule has 1 aromatic heterocycles. The Morgan fingerprint density at radius 1 is 0.857 bits per heavy atom. The molecule has 0 unspecified atom stereocenters. The summed E-state index contributed by atoms with van der Waals surface area (Å²) in [6.45, 7) is 0. The van der Waals surface area contributed by atoms with Crippen molar-refractivity contribution in [2.24, 2.45) is 0 Å². The van der Waals surface area contributed by atoms with Crippen molar-refractivity contribution < 1.29 is 4.74 Å². The molecule has 2 aromatic carbocycles. The molecule has 0 spiro atoms. The summed E-state index contributed by atoms with van der Waals surface area (Å²) in [5, 5.41) is 18.9. The summed E-state index contributed by atoms with van der Waals surface area (Å²) in [6, 6.07) is 18.2. The van der Waals surface area contributed by atoms with E-state index in [0.29, 0.717) is 22.6 Å². The second kappa shape index (κ2) is 5.32. The van der Waals surface area contributed by atoms with E-state index in [1.807, 2.05) is 42.5 Å². The van der Waals surface area contributed by atoms with Gasteiger partial charge in [0.15, 0.2) is 0 Å². The highest BCUT2D eigenvalue weighted by atomic mass is 16.5. The number of rotatable bonds is 2. The van der Waals surface area contributed by atoms with Gasteiger partial charge in [0.1, 0.15) is 23.6 Å². The highest BCUT2D eigenvalue weighted by molar-refractivity contribution is 5.79. The van der Waals surface area contributed by atoms with E-state index in [4.69, 9.17) is 15.3 Å². The molecule has 4 nitrogen and oxygen atoms in total. The topological polar surface area (TPSA) is 69.7 Å². The smallest absolute Gasteiger partial charge is 0.128 e. The maximum atomic E-state index is 9.02. The number of hydrogen-bond acceptors (Lipinski definition) is 4. The molecule has 0 N–H and O–H groups in total. The number of benzene rings is 2. The largest absolute Gasteiger partial charge is 0.457 e. The fourth-order valence-corrected chi connectivity index (χ4v) is 2.03. The maximum absolute atomic E-state index is 9.02. The molecule has 0 saturated heterocycles. The van der Waals surface area contributed by atoms with Crippen LogP contribution >= 0.6 is 0 Å². The third kappa shape index (κ3) is 2.51. The molecule has 0 amide bonds. The van der Waals surface area contributed by atoms with Crippen LogP contribution in [-0.4, -0.2) is 4.98 Å². The number of hydrogen-bond donors (Lipinski definition) is 0. The van der Waals surface area contributed by atoms with Crippen molar-refractivity contribution in [3.8, 4) is 23.6 Å². The van der Waals surface area contributed by atoms with Crippen LogP contribution in [0.2, 0.25) is 0 Å². The normalized spacial score (nSPS) is 9.81. The van der Waals surface area contributed by atoms with E-state index in [9.17, 15) is 0 Å². The zero-order valence-electron chi connectivity index (χ0n) is 10.9. The summed E-state index contributed by atoms with van der Waals surface area (Å²) in [6.07, 6.45) is 1.74. The molecule has 3 rings (SSSR count). The Labute approximate surface area is 121 Å². The lowest BCUT2D eigenvalue weighted by Crippen LogP contribution is -1.88. The molecule has 1 heterocycles. The standard InChI is InChI=1S/C17H9N3O/c18-10-13-3-4-15(9-14(13)11-19)21-16-5-6-17-12(8-16)2-1-7-20-17/h1-9H. The molecule has 0 radical (unpaired) electrons. The summed E-state index contributed by atoms with van der Waals surface area (Å²) < 4.78 is 5.74. The van der Waals surface area contributed by atoms with Crippen molar-refractivity contribution in [2.75, 3.05) is 0 Å². The van der Waals surface area contributed by atoms with Gasteiger partial charge in [-0.05, 0) is 42.5 Å². The molecule has 0 aliphatic rings. The van der Waals surface area contributed by atoms with Crippen LogP contribution in [0.1, 0.15) is 11.1 Å². The van der Waals surface area contributed by atoms with E-state index >= 15 is 0 Å². The van der Waals surface area contributed by atoms with Crippen LogP contribution in [0.4, 0.5) is 0 Å². The number of nitrogens with zero attached hydrogens (tertiary/aromatic N) is 3. The summed E-state index contributed by atoms with van der Waals surface area (Å²) in [7, 11) is 0. The lowest BCUT2D eigenvalue weighted by Gasteiger charge is -2.07. The molecular weight excluding hydrogens is 262 g/mol. The van der Waals surface area contributed by atoms with Gasteiger partial charge in [-0.15, -0.1) is 0 Å². The number of pyridine rings is 1. The van der Waals surface area contributed by atoms with Gasteiger partial charge in [0, 0.05) is 11.6 Å².